The first kappa shape index (κ1) is 15.5. The van der Waals surface area contributed by atoms with Gasteiger partial charge in [0, 0.05) is 13.1 Å². The summed E-state index contributed by atoms with van der Waals surface area (Å²) < 4.78 is 5.26. The van der Waals surface area contributed by atoms with Crippen molar-refractivity contribution in [3.63, 3.8) is 0 Å². The number of likely N-dealkylation sites (N-methyl/N-ethyl adjacent to an activating group) is 1. The highest BCUT2D eigenvalue weighted by molar-refractivity contribution is 5.85. The Balaban J connectivity index is 0.00000225. The predicted octanol–water partition coefficient (Wildman–Crippen LogP) is 2.26. The van der Waals surface area contributed by atoms with Crippen LogP contribution in [0.3, 0.4) is 0 Å². The van der Waals surface area contributed by atoms with Gasteiger partial charge in [-0.25, -0.2) is 0 Å². The number of carbonyl (C=O) groups excluding carboxylic acids is 1. The first-order chi connectivity index (χ1) is 6.89. The summed E-state index contributed by atoms with van der Waals surface area (Å²) in [5.74, 6) is -0.128. The predicted molar refractivity (Wildman–Crippen MR) is 67.9 cm³/mol. The van der Waals surface area contributed by atoms with E-state index in [2.05, 4.69) is 18.0 Å². The standard InChI is InChI=1S/C12H21NO2.ClH/c1-12(2,3)11(14)15-9-10-6-5-7-13(4)8-10;/h6H,5,7-9H2,1-4H3;1H. The molecule has 0 N–H and O–H groups in total. The average molecular weight is 248 g/mol. The van der Waals surface area contributed by atoms with Gasteiger partial charge in [0.15, 0.2) is 0 Å². The van der Waals surface area contributed by atoms with E-state index in [0.29, 0.717) is 6.61 Å². The number of carbonyl (C=O) groups is 1. The Morgan fingerprint density at radius 3 is 2.62 bits per heavy atom. The first-order valence-corrected chi connectivity index (χ1v) is 5.43. The summed E-state index contributed by atoms with van der Waals surface area (Å²) in [6.45, 7) is 8.07. The fourth-order valence-electron chi connectivity index (χ4n) is 1.46. The third-order valence-corrected chi connectivity index (χ3v) is 2.42. The van der Waals surface area contributed by atoms with Crippen molar-refractivity contribution in [3.05, 3.63) is 11.6 Å². The smallest absolute Gasteiger partial charge is 0.311 e. The van der Waals surface area contributed by atoms with E-state index >= 15 is 0 Å². The summed E-state index contributed by atoms with van der Waals surface area (Å²) in [4.78, 5) is 13.8. The fraction of sp³-hybridized carbons (Fsp3) is 0.750. The number of hydrogen-bond donors (Lipinski definition) is 0. The van der Waals surface area contributed by atoms with Crippen molar-refractivity contribution in [1.29, 1.82) is 0 Å². The van der Waals surface area contributed by atoms with Crippen LogP contribution in [0.15, 0.2) is 11.6 Å². The molecule has 16 heavy (non-hydrogen) atoms. The Labute approximate surface area is 104 Å². The van der Waals surface area contributed by atoms with E-state index in [0.717, 1.165) is 19.5 Å². The van der Waals surface area contributed by atoms with Gasteiger partial charge in [-0.3, -0.25) is 4.79 Å². The molecule has 0 spiro atoms. The molecular formula is C12H22ClNO2. The number of esters is 1. The second kappa shape index (κ2) is 6.26. The molecule has 1 aliphatic rings. The van der Waals surface area contributed by atoms with E-state index in [1.54, 1.807) is 0 Å². The summed E-state index contributed by atoms with van der Waals surface area (Å²) in [7, 11) is 2.08. The van der Waals surface area contributed by atoms with Crippen LogP contribution in [-0.2, 0) is 9.53 Å². The molecule has 3 nitrogen and oxygen atoms in total. The van der Waals surface area contributed by atoms with Gasteiger partial charge in [-0.1, -0.05) is 6.08 Å². The van der Waals surface area contributed by atoms with Crippen LogP contribution < -0.4 is 0 Å². The van der Waals surface area contributed by atoms with E-state index in [4.69, 9.17) is 4.74 Å². The van der Waals surface area contributed by atoms with Gasteiger partial charge in [-0.15, -0.1) is 12.4 Å². The molecule has 0 aromatic rings. The Hall–Kier alpha value is -0.540. The van der Waals surface area contributed by atoms with Crippen molar-refractivity contribution in [3.8, 4) is 0 Å². The van der Waals surface area contributed by atoms with E-state index in [-0.39, 0.29) is 18.4 Å². The maximum Gasteiger partial charge on any atom is 0.311 e. The summed E-state index contributed by atoms with van der Waals surface area (Å²) in [6.07, 6.45) is 3.23. The highest BCUT2D eigenvalue weighted by atomic mass is 35.5. The highest BCUT2D eigenvalue weighted by Gasteiger charge is 2.23. The molecule has 0 aromatic heterocycles. The molecular weight excluding hydrogens is 226 g/mol. The Morgan fingerprint density at radius 1 is 1.50 bits per heavy atom. The number of halogens is 1. The number of hydrogen-bond acceptors (Lipinski definition) is 3. The zero-order valence-corrected chi connectivity index (χ0v) is 11.4. The van der Waals surface area contributed by atoms with Crippen LogP contribution in [-0.4, -0.2) is 37.6 Å². The highest BCUT2D eigenvalue weighted by Crippen LogP contribution is 2.16. The Morgan fingerprint density at radius 2 is 2.12 bits per heavy atom. The lowest BCUT2D eigenvalue weighted by atomic mass is 9.97. The Kier molecular flexibility index (Phi) is 6.05. The number of rotatable bonds is 2. The van der Waals surface area contributed by atoms with Crippen LogP contribution in [0.2, 0.25) is 0 Å². The second-order valence-corrected chi connectivity index (χ2v) is 5.21. The summed E-state index contributed by atoms with van der Waals surface area (Å²) in [6, 6.07) is 0. The van der Waals surface area contributed by atoms with E-state index in [9.17, 15) is 4.79 Å². The fourth-order valence-corrected chi connectivity index (χ4v) is 1.46. The molecule has 0 fully saturated rings. The van der Waals surface area contributed by atoms with Gasteiger partial charge in [0.05, 0.1) is 5.41 Å². The van der Waals surface area contributed by atoms with Gasteiger partial charge in [0.2, 0.25) is 0 Å². The molecule has 1 rings (SSSR count). The van der Waals surface area contributed by atoms with E-state index < -0.39 is 5.41 Å². The van der Waals surface area contributed by atoms with Gasteiger partial charge >= 0.3 is 5.97 Å². The minimum absolute atomic E-state index is 0. The third-order valence-electron chi connectivity index (χ3n) is 2.42. The van der Waals surface area contributed by atoms with Gasteiger partial charge in [0.25, 0.3) is 0 Å². The molecule has 0 unspecified atom stereocenters. The van der Waals surface area contributed by atoms with Crippen molar-refractivity contribution in [2.75, 3.05) is 26.7 Å². The molecule has 1 aliphatic heterocycles. The monoisotopic (exact) mass is 247 g/mol. The maximum absolute atomic E-state index is 11.5. The molecule has 0 aliphatic carbocycles. The maximum atomic E-state index is 11.5. The van der Waals surface area contributed by atoms with Crippen LogP contribution in [0.5, 0.6) is 0 Å². The molecule has 0 saturated carbocycles. The zero-order chi connectivity index (χ0) is 11.5. The molecule has 0 aromatic carbocycles. The van der Waals surface area contributed by atoms with Crippen LogP contribution >= 0.6 is 12.4 Å². The largest absolute Gasteiger partial charge is 0.461 e. The van der Waals surface area contributed by atoms with Crippen LogP contribution in [0, 0.1) is 5.41 Å². The quantitative estimate of drug-likeness (QED) is 0.554. The first-order valence-electron chi connectivity index (χ1n) is 5.43. The molecule has 0 bridgehead atoms. The normalized spacial score (nSPS) is 17.4. The van der Waals surface area contributed by atoms with Crippen LogP contribution in [0.25, 0.3) is 0 Å². The minimum atomic E-state index is -0.402. The van der Waals surface area contributed by atoms with Crippen molar-refractivity contribution < 1.29 is 9.53 Å². The molecule has 4 heteroatoms. The lowest BCUT2D eigenvalue weighted by Crippen LogP contribution is -2.29. The summed E-state index contributed by atoms with van der Waals surface area (Å²) in [5, 5.41) is 0. The van der Waals surface area contributed by atoms with Gasteiger partial charge in [0.1, 0.15) is 6.61 Å². The lowest BCUT2D eigenvalue weighted by Gasteiger charge is -2.24. The van der Waals surface area contributed by atoms with E-state index in [1.807, 2.05) is 20.8 Å². The van der Waals surface area contributed by atoms with Crippen LogP contribution in [0.4, 0.5) is 0 Å². The molecule has 0 amide bonds. The third kappa shape index (κ3) is 4.99. The van der Waals surface area contributed by atoms with Crippen molar-refractivity contribution in [2.24, 2.45) is 5.41 Å². The molecule has 0 radical (unpaired) electrons. The second-order valence-electron chi connectivity index (χ2n) is 5.21. The van der Waals surface area contributed by atoms with Gasteiger partial charge in [-0.05, 0) is 39.8 Å². The average Bonchev–Trinajstić information content (AvgIpc) is 2.12. The zero-order valence-electron chi connectivity index (χ0n) is 10.6. The van der Waals surface area contributed by atoms with Crippen molar-refractivity contribution in [1.82, 2.24) is 4.90 Å². The van der Waals surface area contributed by atoms with Crippen LogP contribution in [0.1, 0.15) is 27.2 Å². The topological polar surface area (TPSA) is 29.5 Å². The minimum Gasteiger partial charge on any atom is -0.461 e. The number of nitrogens with zero attached hydrogens (tertiary/aromatic N) is 1. The number of ether oxygens (including phenoxy) is 1. The molecule has 0 atom stereocenters. The van der Waals surface area contributed by atoms with Crippen molar-refractivity contribution in [2.45, 2.75) is 27.2 Å². The van der Waals surface area contributed by atoms with Gasteiger partial charge in [-0.2, -0.15) is 0 Å². The lowest BCUT2D eigenvalue weighted by molar-refractivity contribution is -0.151. The molecule has 0 saturated heterocycles. The van der Waals surface area contributed by atoms with Crippen molar-refractivity contribution >= 4 is 18.4 Å². The molecule has 1 heterocycles. The SMILES string of the molecule is CN1CCC=C(COC(=O)C(C)(C)C)C1.Cl. The summed E-state index contributed by atoms with van der Waals surface area (Å²) in [5.41, 5.74) is 0.808. The molecule has 94 valence electrons. The van der Waals surface area contributed by atoms with Gasteiger partial charge < -0.3 is 9.64 Å². The Bertz CT molecular complexity index is 269. The van der Waals surface area contributed by atoms with E-state index in [1.165, 1.54) is 5.57 Å². The summed E-state index contributed by atoms with van der Waals surface area (Å²) >= 11 is 0.